The number of rotatable bonds is 4. The van der Waals surface area contributed by atoms with Crippen molar-refractivity contribution in [2.45, 2.75) is 18.4 Å². The molecule has 1 heterocycles. The van der Waals surface area contributed by atoms with E-state index in [1.165, 1.54) is 12.1 Å². The van der Waals surface area contributed by atoms with Crippen molar-refractivity contribution in [3.8, 4) is 0 Å². The first-order valence-corrected chi connectivity index (χ1v) is 6.76. The van der Waals surface area contributed by atoms with Crippen molar-refractivity contribution >= 4 is 11.8 Å². The highest BCUT2D eigenvalue weighted by molar-refractivity contribution is 5.87. The normalized spacial score (nSPS) is 19.5. The Morgan fingerprint density at radius 3 is 2.74 bits per heavy atom. The fourth-order valence-corrected chi connectivity index (χ4v) is 2.33. The number of alkyl halides is 2. The van der Waals surface area contributed by atoms with Crippen molar-refractivity contribution in [3.63, 3.8) is 0 Å². The minimum absolute atomic E-state index is 0.233. The molecule has 1 aliphatic rings. The summed E-state index contributed by atoms with van der Waals surface area (Å²) in [5.41, 5.74) is -0.233. The smallest absolute Gasteiger partial charge is 0.286 e. The van der Waals surface area contributed by atoms with Gasteiger partial charge in [-0.2, -0.15) is 0 Å². The molecule has 1 atom stereocenters. The molecule has 1 aromatic carbocycles. The summed E-state index contributed by atoms with van der Waals surface area (Å²) in [6.45, 7) is 2.00. The molecular weight excluding hydrogens is 316 g/mol. The van der Waals surface area contributed by atoms with Crippen LogP contribution in [-0.4, -0.2) is 41.8 Å². The predicted octanol–water partition coefficient (Wildman–Crippen LogP) is 1.66. The van der Waals surface area contributed by atoms with Crippen LogP contribution >= 0.6 is 0 Å². The van der Waals surface area contributed by atoms with Crippen LogP contribution in [0.5, 0.6) is 0 Å². The maximum atomic E-state index is 13.8. The highest BCUT2D eigenvalue weighted by Crippen LogP contribution is 2.28. The average molecular weight is 330 g/mol. The molecule has 1 saturated heterocycles. The SMILES string of the molecule is C=CC(=O)N1CC(NC(=O)Cc2cccc(F)c2F)C(F)(F)C1. The van der Waals surface area contributed by atoms with E-state index in [-0.39, 0.29) is 12.1 Å². The number of hydrogen-bond acceptors (Lipinski definition) is 2. The van der Waals surface area contributed by atoms with Gasteiger partial charge in [0, 0.05) is 12.1 Å². The van der Waals surface area contributed by atoms with Crippen molar-refractivity contribution < 1.29 is 27.2 Å². The molecule has 1 aromatic rings. The Kier molecular flexibility index (Phi) is 4.72. The van der Waals surface area contributed by atoms with Gasteiger partial charge in [-0.05, 0) is 12.1 Å². The standard InChI is InChI=1S/C15H14F4N2O2/c1-2-13(23)21-7-11(15(18,19)8-21)20-12(22)6-9-4-3-5-10(16)14(9)17/h2-5,11H,1,6-8H2,(H,20,22). The number of halogens is 4. The summed E-state index contributed by atoms with van der Waals surface area (Å²) >= 11 is 0. The number of benzene rings is 1. The van der Waals surface area contributed by atoms with Gasteiger partial charge >= 0.3 is 0 Å². The number of nitrogens with one attached hydrogen (secondary N) is 1. The number of carbonyl (C=O) groups excluding carboxylic acids is 2. The molecule has 8 heteroatoms. The van der Waals surface area contributed by atoms with Crippen LogP contribution in [0.1, 0.15) is 5.56 Å². The zero-order valence-electron chi connectivity index (χ0n) is 12.0. The molecule has 1 aliphatic heterocycles. The Morgan fingerprint density at radius 2 is 2.09 bits per heavy atom. The second-order valence-corrected chi connectivity index (χ2v) is 5.19. The topological polar surface area (TPSA) is 49.4 Å². The van der Waals surface area contributed by atoms with Crippen molar-refractivity contribution in [3.05, 3.63) is 48.1 Å². The van der Waals surface area contributed by atoms with Crippen LogP contribution in [0.25, 0.3) is 0 Å². The highest BCUT2D eigenvalue weighted by atomic mass is 19.3. The molecule has 1 unspecified atom stereocenters. The van der Waals surface area contributed by atoms with Gasteiger partial charge in [-0.3, -0.25) is 9.59 Å². The Morgan fingerprint density at radius 1 is 1.39 bits per heavy atom. The van der Waals surface area contributed by atoms with Crippen molar-refractivity contribution in [1.82, 2.24) is 10.2 Å². The molecule has 0 bridgehead atoms. The first-order valence-electron chi connectivity index (χ1n) is 6.76. The summed E-state index contributed by atoms with van der Waals surface area (Å²) in [6, 6.07) is 1.71. The lowest BCUT2D eigenvalue weighted by Crippen LogP contribution is -2.47. The monoisotopic (exact) mass is 330 g/mol. The maximum absolute atomic E-state index is 13.8. The summed E-state index contributed by atoms with van der Waals surface area (Å²) in [5, 5.41) is 2.07. The number of hydrogen-bond donors (Lipinski definition) is 1. The van der Waals surface area contributed by atoms with Gasteiger partial charge < -0.3 is 10.2 Å². The molecule has 0 aliphatic carbocycles. The van der Waals surface area contributed by atoms with Crippen LogP contribution in [0.4, 0.5) is 17.6 Å². The average Bonchev–Trinajstić information content (AvgIpc) is 2.78. The van der Waals surface area contributed by atoms with Crippen LogP contribution in [0.3, 0.4) is 0 Å². The number of amides is 2. The third kappa shape index (κ3) is 3.69. The molecule has 0 radical (unpaired) electrons. The summed E-state index contributed by atoms with van der Waals surface area (Å²) in [6.07, 6.45) is 0.327. The van der Waals surface area contributed by atoms with Crippen LogP contribution in [0, 0.1) is 11.6 Å². The minimum atomic E-state index is -3.31. The molecule has 0 saturated carbocycles. The van der Waals surface area contributed by atoms with E-state index in [2.05, 4.69) is 11.9 Å². The molecule has 0 aromatic heterocycles. The van der Waals surface area contributed by atoms with Gasteiger partial charge in [0.25, 0.3) is 5.92 Å². The fourth-order valence-electron chi connectivity index (χ4n) is 2.33. The summed E-state index contributed by atoms with van der Waals surface area (Å²) in [4.78, 5) is 24.0. The Bertz CT molecular complexity index is 648. The lowest BCUT2D eigenvalue weighted by Gasteiger charge is -2.18. The van der Waals surface area contributed by atoms with Gasteiger partial charge in [0.05, 0.1) is 13.0 Å². The van der Waals surface area contributed by atoms with E-state index in [0.717, 1.165) is 17.0 Å². The lowest BCUT2D eigenvalue weighted by molar-refractivity contribution is -0.126. The van der Waals surface area contributed by atoms with E-state index in [1.807, 2.05) is 0 Å². The van der Waals surface area contributed by atoms with Crippen molar-refractivity contribution in [1.29, 1.82) is 0 Å². The Balaban J connectivity index is 2.03. The summed E-state index contributed by atoms with van der Waals surface area (Å²) < 4.78 is 54.2. The van der Waals surface area contributed by atoms with E-state index in [9.17, 15) is 27.2 Å². The van der Waals surface area contributed by atoms with E-state index in [0.29, 0.717) is 0 Å². The molecule has 1 N–H and O–H groups in total. The minimum Gasteiger partial charge on any atom is -0.345 e. The molecule has 2 rings (SSSR count). The zero-order chi connectivity index (χ0) is 17.2. The van der Waals surface area contributed by atoms with E-state index in [4.69, 9.17) is 0 Å². The summed E-state index contributed by atoms with van der Waals surface area (Å²) in [5.74, 6) is -7.17. The van der Waals surface area contributed by atoms with Crippen LogP contribution in [0.15, 0.2) is 30.9 Å². The second-order valence-electron chi connectivity index (χ2n) is 5.19. The highest BCUT2D eigenvalue weighted by Gasteiger charge is 2.49. The van der Waals surface area contributed by atoms with Crippen molar-refractivity contribution in [2.75, 3.05) is 13.1 Å². The third-order valence-corrected chi connectivity index (χ3v) is 3.52. The second kappa shape index (κ2) is 6.39. The largest absolute Gasteiger partial charge is 0.345 e. The number of carbonyl (C=O) groups is 2. The quantitative estimate of drug-likeness (QED) is 0.674. The molecule has 4 nitrogen and oxygen atoms in total. The fraction of sp³-hybridized carbons (Fsp3) is 0.333. The molecule has 124 valence electrons. The number of nitrogens with zero attached hydrogens (tertiary/aromatic N) is 1. The van der Waals surface area contributed by atoms with E-state index < -0.39 is 48.4 Å². The van der Waals surface area contributed by atoms with Crippen LogP contribution in [-0.2, 0) is 16.0 Å². The van der Waals surface area contributed by atoms with E-state index in [1.54, 1.807) is 0 Å². The zero-order valence-corrected chi connectivity index (χ0v) is 12.0. The van der Waals surface area contributed by atoms with Crippen molar-refractivity contribution in [2.24, 2.45) is 0 Å². The van der Waals surface area contributed by atoms with Gasteiger partial charge in [0.1, 0.15) is 6.04 Å². The van der Waals surface area contributed by atoms with Gasteiger partial charge in [-0.15, -0.1) is 0 Å². The molecule has 23 heavy (non-hydrogen) atoms. The molecule has 0 spiro atoms. The lowest BCUT2D eigenvalue weighted by atomic mass is 10.1. The van der Waals surface area contributed by atoms with Gasteiger partial charge in [0.2, 0.25) is 11.8 Å². The van der Waals surface area contributed by atoms with Gasteiger partial charge in [0.15, 0.2) is 11.6 Å². The van der Waals surface area contributed by atoms with Gasteiger partial charge in [-0.25, -0.2) is 17.6 Å². The van der Waals surface area contributed by atoms with Crippen LogP contribution in [0.2, 0.25) is 0 Å². The molecule has 1 fully saturated rings. The maximum Gasteiger partial charge on any atom is 0.286 e. The van der Waals surface area contributed by atoms with Gasteiger partial charge in [-0.1, -0.05) is 18.7 Å². The third-order valence-electron chi connectivity index (χ3n) is 3.52. The predicted molar refractivity (Wildman–Crippen MR) is 73.7 cm³/mol. The molecule has 2 amide bonds. The van der Waals surface area contributed by atoms with Crippen LogP contribution < -0.4 is 5.32 Å². The number of likely N-dealkylation sites (tertiary alicyclic amines) is 1. The Hall–Kier alpha value is -2.38. The summed E-state index contributed by atoms with van der Waals surface area (Å²) in [7, 11) is 0. The van der Waals surface area contributed by atoms with E-state index >= 15 is 0 Å². The Labute approximate surface area is 129 Å². The first-order chi connectivity index (χ1) is 10.7. The first kappa shape index (κ1) is 17.0. The molecular formula is C15H14F4N2O2.